The molecule has 0 saturated carbocycles. The molecule has 0 saturated heterocycles. The third kappa shape index (κ3) is 5.49. The van der Waals surface area contributed by atoms with Gasteiger partial charge in [-0.25, -0.2) is 0 Å². The van der Waals surface area contributed by atoms with Crippen LogP contribution in [-0.4, -0.2) is 29.4 Å². The summed E-state index contributed by atoms with van der Waals surface area (Å²) in [5.41, 5.74) is 1.05. The predicted molar refractivity (Wildman–Crippen MR) is 54.9 cm³/mol. The summed E-state index contributed by atoms with van der Waals surface area (Å²) < 4.78 is 10.3. The van der Waals surface area contributed by atoms with Crippen LogP contribution in [-0.2, 0) is 16.1 Å². The van der Waals surface area contributed by atoms with Gasteiger partial charge in [-0.3, -0.25) is 0 Å². The zero-order valence-corrected chi connectivity index (χ0v) is 8.67. The molecule has 15 heavy (non-hydrogen) atoms. The molecular weight excluding hydrogens is 196 g/mol. The molecule has 1 aromatic rings. The Morgan fingerprint density at radius 1 is 1.13 bits per heavy atom. The predicted octanol–water partition coefficient (Wildman–Crippen LogP) is 0.876. The lowest BCUT2D eigenvalue weighted by molar-refractivity contribution is -0.184. The monoisotopic (exact) mass is 212 g/mol. The topological polar surface area (TPSA) is 58.9 Å². The van der Waals surface area contributed by atoms with Crippen LogP contribution in [0, 0.1) is 0 Å². The van der Waals surface area contributed by atoms with E-state index < -0.39 is 12.6 Å². The smallest absolute Gasteiger partial charge is 0.175 e. The highest BCUT2D eigenvalue weighted by Gasteiger charge is 2.05. The Balaban J connectivity index is 2.19. The first-order chi connectivity index (χ1) is 7.18. The summed E-state index contributed by atoms with van der Waals surface area (Å²) in [6, 6.07) is 9.70. The van der Waals surface area contributed by atoms with Crippen LogP contribution in [0.2, 0.25) is 0 Å². The standard InChI is InChI=1S/C11H16O4/c1-9(15-8-11(12)13)14-7-10-5-3-2-4-6-10/h2-6,9,11-13H,7-8H2,1H3/t9-/m0/s1. The van der Waals surface area contributed by atoms with Crippen molar-refractivity contribution in [1.82, 2.24) is 0 Å². The molecular formula is C11H16O4. The molecule has 4 nitrogen and oxygen atoms in total. The summed E-state index contributed by atoms with van der Waals surface area (Å²) in [6.07, 6.45) is -1.90. The summed E-state index contributed by atoms with van der Waals surface area (Å²) in [7, 11) is 0. The van der Waals surface area contributed by atoms with Gasteiger partial charge in [0.1, 0.15) is 6.61 Å². The summed E-state index contributed by atoms with van der Waals surface area (Å²) in [6.45, 7) is 2.02. The van der Waals surface area contributed by atoms with E-state index in [2.05, 4.69) is 0 Å². The van der Waals surface area contributed by atoms with Crippen molar-refractivity contribution in [1.29, 1.82) is 0 Å². The lowest BCUT2D eigenvalue weighted by Crippen LogP contribution is -2.21. The van der Waals surface area contributed by atoms with Gasteiger partial charge in [0.2, 0.25) is 0 Å². The quantitative estimate of drug-likeness (QED) is 0.687. The molecule has 4 heteroatoms. The fourth-order valence-electron chi connectivity index (χ4n) is 1.06. The van der Waals surface area contributed by atoms with E-state index >= 15 is 0 Å². The minimum absolute atomic E-state index is 0.143. The first-order valence-corrected chi connectivity index (χ1v) is 4.81. The van der Waals surface area contributed by atoms with E-state index in [1.165, 1.54) is 0 Å². The van der Waals surface area contributed by atoms with Gasteiger partial charge in [-0.15, -0.1) is 0 Å². The Bertz CT molecular complexity index is 261. The van der Waals surface area contributed by atoms with Crippen LogP contribution in [0.15, 0.2) is 30.3 Å². The fraction of sp³-hybridized carbons (Fsp3) is 0.455. The maximum Gasteiger partial charge on any atom is 0.175 e. The van der Waals surface area contributed by atoms with E-state index in [4.69, 9.17) is 19.7 Å². The molecule has 0 aliphatic heterocycles. The first kappa shape index (κ1) is 12.1. The van der Waals surface area contributed by atoms with E-state index in [1.807, 2.05) is 30.3 Å². The molecule has 0 radical (unpaired) electrons. The van der Waals surface area contributed by atoms with Crippen LogP contribution >= 0.6 is 0 Å². The second kappa shape index (κ2) is 6.53. The minimum atomic E-state index is -1.45. The number of hydrogen-bond donors (Lipinski definition) is 2. The lowest BCUT2D eigenvalue weighted by atomic mass is 10.2. The third-order valence-electron chi connectivity index (χ3n) is 1.81. The Morgan fingerprint density at radius 3 is 2.40 bits per heavy atom. The van der Waals surface area contributed by atoms with E-state index in [-0.39, 0.29) is 6.61 Å². The lowest BCUT2D eigenvalue weighted by Gasteiger charge is -2.14. The zero-order valence-electron chi connectivity index (χ0n) is 8.67. The van der Waals surface area contributed by atoms with Crippen molar-refractivity contribution < 1.29 is 19.7 Å². The molecule has 1 atom stereocenters. The number of aliphatic hydroxyl groups is 2. The van der Waals surface area contributed by atoms with Crippen LogP contribution in [0.1, 0.15) is 12.5 Å². The van der Waals surface area contributed by atoms with E-state index in [1.54, 1.807) is 6.92 Å². The maximum atomic E-state index is 8.56. The summed E-state index contributed by atoms with van der Waals surface area (Å²) >= 11 is 0. The molecule has 0 aliphatic rings. The van der Waals surface area contributed by atoms with Crippen LogP contribution in [0.5, 0.6) is 0 Å². The molecule has 0 fully saturated rings. The Labute approximate surface area is 89.1 Å². The SMILES string of the molecule is C[C@@H](OCc1ccccc1)OCC(O)O. The van der Waals surface area contributed by atoms with Gasteiger partial charge in [0, 0.05) is 0 Å². The van der Waals surface area contributed by atoms with Crippen molar-refractivity contribution in [2.24, 2.45) is 0 Å². The highest BCUT2D eigenvalue weighted by atomic mass is 16.7. The Hall–Kier alpha value is -0.940. The Morgan fingerprint density at radius 2 is 1.80 bits per heavy atom. The highest BCUT2D eigenvalue weighted by molar-refractivity contribution is 5.13. The summed E-state index contributed by atoms with van der Waals surface area (Å²) in [5.74, 6) is 0. The van der Waals surface area contributed by atoms with Gasteiger partial charge >= 0.3 is 0 Å². The van der Waals surface area contributed by atoms with Crippen LogP contribution in [0.3, 0.4) is 0 Å². The van der Waals surface area contributed by atoms with Crippen molar-refractivity contribution in [3.63, 3.8) is 0 Å². The van der Waals surface area contributed by atoms with Gasteiger partial charge in [0.05, 0.1) is 6.61 Å². The fourth-order valence-corrected chi connectivity index (χ4v) is 1.06. The van der Waals surface area contributed by atoms with Crippen LogP contribution in [0.4, 0.5) is 0 Å². The molecule has 0 spiro atoms. The third-order valence-corrected chi connectivity index (χ3v) is 1.81. The second-order valence-electron chi connectivity index (χ2n) is 3.18. The molecule has 0 unspecified atom stereocenters. The maximum absolute atomic E-state index is 8.56. The number of rotatable bonds is 6. The van der Waals surface area contributed by atoms with Crippen molar-refractivity contribution in [2.45, 2.75) is 26.1 Å². The molecule has 1 rings (SSSR count). The summed E-state index contributed by atoms with van der Waals surface area (Å²) in [5, 5.41) is 17.1. The Kier molecular flexibility index (Phi) is 5.28. The molecule has 0 bridgehead atoms. The van der Waals surface area contributed by atoms with Crippen molar-refractivity contribution in [3.05, 3.63) is 35.9 Å². The molecule has 84 valence electrons. The van der Waals surface area contributed by atoms with Gasteiger partial charge in [0.15, 0.2) is 12.6 Å². The molecule has 0 aliphatic carbocycles. The largest absolute Gasteiger partial charge is 0.366 e. The number of benzene rings is 1. The van der Waals surface area contributed by atoms with Crippen molar-refractivity contribution in [2.75, 3.05) is 6.61 Å². The van der Waals surface area contributed by atoms with Crippen LogP contribution in [0.25, 0.3) is 0 Å². The van der Waals surface area contributed by atoms with Gasteiger partial charge in [-0.2, -0.15) is 0 Å². The van der Waals surface area contributed by atoms with Gasteiger partial charge in [0.25, 0.3) is 0 Å². The van der Waals surface area contributed by atoms with Gasteiger partial charge in [-0.1, -0.05) is 30.3 Å². The molecule has 0 heterocycles. The first-order valence-electron chi connectivity index (χ1n) is 4.81. The number of hydrogen-bond acceptors (Lipinski definition) is 4. The van der Waals surface area contributed by atoms with Crippen LogP contribution < -0.4 is 0 Å². The van der Waals surface area contributed by atoms with Gasteiger partial charge < -0.3 is 19.7 Å². The van der Waals surface area contributed by atoms with E-state index in [0.717, 1.165) is 5.56 Å². The van der Waals surface area contributed by atoms with Crippen molar-refractivity contribution >= 4 is 0 Å². The molecule has 1 aromatic carbocycles. The second-order valence-corrected chi connectivity index (χ2v) is 3.18. The minimum Gasteiger partial charge on any atom is -0.366 e. The molecule has 0 aromatic heterocycles. The van der Waals surface area contributed by atoms with Gasteiger partial charge in [-0.05, 0) is 12.5 Å². The number of aliphatic hydroxyl groups excluding tert-OH is 1. The molecule has 0 amide bonds. The molecule has 2 N–H and O–H groups in total. The average Bonchev–Trinajstić information content (AvgIpc) is 2.25. The highest BCUT2D eigenvalue weighted by Crippen LogP contribution is 2.04. The van der Waals surface area contributed by atoms with E-state index in [9.17, 15) is 0 Å². The average molecular weight is 212 g/mol. The van der Waals surface area contributed by atoms with E-state index in [0.29, 0.717) is 6.61 Å². The normalized spacial score (nSPS) is 13.1. The van der Waals surface area contributed by atoms with Crippen molar-refractivity contribution in [3.8, 4) is 0 Å². The summed E-state index contributed by atoms with van der Waals surface area (Å²) in [4.78, 5) is 0. The number of ether oxygens (including phenoxy) is 2. The zero-order chi connectivity index (χ0) is 11.1.